The molecule has 6 heteroatoms. The number of hydrogen-bond donors (Lipinski definition) is 2. The molecular weight excluding hydrogens is 383 g/mol. The van der Waals surface area contributed by atoms with Gasteiger partial charge in [0.05, 0.1) is 16.7 Å². The molecule has 0 saturated heterocycles. The molecule has 3 rings (SSSR count). The fourth-order valence-corrected chi connectivity index (χ4v) is 2.87. The Balaban J connectivity index is 1.83. The number of fused-ring (bicyclic) bond motifs is 1. The van der Waals surface area contributed by atoms with Gasteiger partial charge in [0.15, 0.2) is 0 Å². The van der Waals surface area contributed by atoms with Crippen molar-refractivity contribution >= 4 is 51.8 Å². The molecule has 0 amide bonds. The number of aromatic amines is 1. The topological polar surface area (TPSA) is 54.1 Å². The van der Waals surface area contributed by atoms with Gasteiger partial charge < -0.3 is 15.0 Å². The predicted octanol–water partition coefficient (Wildman–Crippen LogP) is 6.05. The number of benzene rings is 2. The summed E-state index contributed by atoms with van der Waals surface area (Å²) >= 11 is 12.1. The largest absolute Gasteiger partial charge is 0.461 e. The molecule has 3 aromatic rings. The van der Waals surface area contributed by atoms with E-state index >= 15 is 0 Å². The summed E-state index contributed by atoms with van der Waals surface area (Å²) in [4.78, 5) is 15.4. The van der Waals surface area contributed by atoms with Crippen LogP contribution in [-0.2, 0) is 9.53 Å². The minimum Gasteiger partial charge on any atom is -0.461 e. The molecule has 0 aliphatic rings. The van der Waals surface area contributed by atoms with Gasteiger partial charge in [-0.15, -0.1) is 0 Å². The molecule has 0 bridgehead atoms. The zero-order valence-electron chi connectivity index (χ0n) is 14.6. The van der Waals surface area contributed by atoms with Gasteiger partial charge in [-0.2, -0.15) is 0 Å². The van der Waals surface area contributed by atoms with Crippen molar-refractivity contribution in [2.45, 2.75) is 6.92 Å². The Labute approximate surface area is 167 Å². The highest BCUT2D eigenvalue weighted by Crippen LogP contribution is 2.28. The smallest absolute Gasteiger partial charge is 0.354 e. The zero-order chi connectivity index (χ0) is 19.2. The number of halogens is 2. The number of anilines is 1. The Morgan fingerprint density at radius 1 is 1.15 bits per heavy atom. The monoisotopic (exact) mass is 400 g/mol. The maximum Gasteiger partial charge on any atom is 0.354 e. The van der Waals surface area contributed by atoms with E-state index in [2.05, 4.69) is 10.3 Å². The van der Waals surface area contributed by atoms with Crippen LogP contribution in [0.4, 0.5) is 5.69 Å². The van der Waals surface area contributed by atoms with Crippen molar-refractivity contribution in [3.05, 3.63) is 82.1 Å². The van der Waals surface area contributed by atoms with Crippen molar-refractivity contribution < 1.29 is 9.53 Å². The molecule has 0 atom stereocenters. The molecule has 4 nitrogen and oxygen atoms in total. The first-order valence-electron chi connectivity index (χ1n) is 8.42. The average Bonchev–Trinajstić information content (AvgIpc) is 3.03. The molecule has 2 aromatic carbocycles. The summed E-state index contributed by atoms with van der Waals surface area (Å²) in [5, 5.41) is 5.05. The minimum atomic E-state index is -0.416. The van der Waals surface area contributed by atoms with Crippen LogP contribution in [0.25, 0.3) is 17.0 Å². The molecule has 0 unspecified atom stereocenters. The van der Waals surface area contributed by atoms with Crippen molar-refractivity contribution in [2.24, 2.45) is 0 Å². The van der Waals surface area contributed by atoms with Crippen molar-refractivity contribution in [1.82, 2.24) is 4.98 Å². The van der Waals surface area contributed by atoms with Crippen LogP contribution >= 0.6 is 23.2 Å². The van der Waals surface area contributed by atoms with E-state index in [9.17, 15) is 4.79 Å². The number of rotatable bonds is 6. The average molecular weight is 401 g/mol. The van der Waals surface area contributed by atoms with Crippen LogP contribution in [0, 0.1) is 0 Å². The number of para-hydroxylation sites is 1. The van der Waals surface area contributed by atoms with Gasteiger partial charge in [0.25, 0.3) is 0 Å². The van der Waals surface area contributed by atoms with Crippen molar-refractivity contribution in [1.29, 1.82) is 0 Å². The summed E-state index contributed by atoms with van der Waals surface area (Å²) in [5.41, 5.74) is 2.91. The first-order valence-corrected chi connectivity index (χ1v) is 9.17. The Morgan fingerprint density at radius 2 is 1.89 bits per heavy atom. The molecule has 2 N–H and O–H groups in total. The van der Waals surface area contributed by atoms with Crippen molar-refractivity contribution in [3.63, 3.8) is 0 Å². The number of nitrogens with one attached hydrogen (secondary N) is 2. The Bertz CT molecular complexity index is 969. The van der Waals surface area contributed by atoms with E-state index < -0.39 is 5.97 Å². The lowest BCUT2D eigenvalue weighted by Gasteiger charge is -2.09. The number of esters is 1. The molecule has 0 aliphatic carbocycles. The van der Waals surface area contributed by atoms with Gasteiger partial charge in [-0.05, 0) is 49.4 Å². The van der Waals surface area contributed by atoms with Crippen LogP contribution in [0.15, 0.2) is 66.4 Å². The fraction of sp³-hybridized carbons (Fsp3) is 0.0952. The first kappa shape index (κ1) is 19.1. The Morgan fingerprint density at radius 3 is 2.63 bits per heavy atom. The summed E-state index contributed by atoms with van der Waals surface area (Å²) < 4.78 is 5.11. The van der Waals surface area contributed by atoms with Crippen LogP contribution < -0.4 is 5.32 Å². The number of carbonyl (C=O) groups is 1. The molecule has 138 valence electrons. The van der Waals surface area contributed by atoms with E-state index in [0.717, 1.165) is 22.3 Å². The summed E-state index contributed by atoms with van der Waals surface area (Å²) in [6.45, 7) is 2.08. The summed E-state index contributed by atoms with van der Waals surface area (Å²) in [7, 11) is 0. The van der Waals surface area contributed by atoms with Gasteiger partial charge in [0, 0.05) is 22.3 Å². The highest BCUT2D eigenvalue weighted by molar-refractivity contribution is 6.42. The second kappa shape index (κ2) is 8.80. The van der Waals surface area contributed by atoms with E-state index in [-0.39, 0.29) is 0 Å². The fourth-order valence-electron chi connectivity index (χ4n) is 2.53. The van der Waals surface area contributed by atoms with Gasteiger partial charge in [0.2, 0.25) is 0 Å². The standard InChI is InChI=1S/C21H18Cl2N2O2/c1-2-27-21(26)19(24-15-7-4-3-5-8-15)10-6-9-16-11-14-12-17(22)18(23)13-20(14)25-16/h3-13,24-25H,2H2,1H3/b9-6+,19-10-. The SMILES string of the molecule is CCOC(=O)/C(=C/C=C/c1cc2cc(Cl)c(Cl)cc2[nH]1)Nc1ccccc1. The van der Waals surface area contributed by atoms with Gasteiger partial charge in [0.1, 0.15) is 5.70 Å². The van der Waals surface area contributed by atoms with Crippen LogP contribution in [0.1, 0.15) is 12.6 Å². The summed E-state index contributed by atoms with van der Waals surface area (Å²) in [6.07, 6.45) is 5.31. The number of carbonyl (C=O) groups excluding carboxylic acids is 1. The maximum absolute atomic E-state index is 12.2. The molecule has 0 spiro atoms. The van der Waals surface area contributed by atoms with Crippen molar-refractivity contribution in [2.75, 3.05) is 11.9 Å². The molecule has 1 heterocycles. The first-order chi connectivity index (χ1) is 13.1. The number of H-pyrrole nitrogens is 1. The molecule has 27 heavy (non-hydrogen) atoms. The molecule has 0 aliphatic heterocycles. The molecule has 1 aromatic heterocycles. The molecule has 0 radical (unpaired) electrons. The number of aromatic nitrogens is 1. The van der Waals surface area contributed by atoms with E-state index in [1.165, 1.54) is 0 Å². The molecule has 0 saturated carbocycles. The highest BCUT2D eigenvalue weighted by Gasteiger charge is 2.09. The minimum absolute atomic E-state index is 0.305. The van der Waals surface area contributed by atoms with Gasteiger partial charge in [-0.3, -0.25) is 0 Å². The van der Waals surface area contributed by atoms with E-state index in [0.29, 0.717) is 22.3 Å². The summed E-state index contributed by atoms with van der Waals surface area (Å²) in [5.74, 6) is -0.416. The lowest BCUT2D eigenvalue weighted by Crippen LogP contribution is -2.14. The number of hydrogen-bond acceptors (Lipinski definition) is 3. The van der Waals surface area contributed by atoms with Crippen LogP contribution in [0.3, 0.4) is 0 Å². The van der Waals surface area contributed by atoms with Crippen molar-refractivity contribution in [3.8, 4) is 0 Å². The van der Waals surface area contributed by atoms with Gasteiger partial charge >= 0.3 is 5.97 Å². The van der Waals surface area contributed by atoms with E-state index in [4.69, 9.17) is 27.9 Å². The van der Waals surface area contributed by atoms with E-state index in [1.807, 2.05) is 48.5 Å². The zero-order valence-corrected chi connectivity index (χ0v) is 16.1. The quantitative estimate of drug-likeness (QED) is 0.301. The Kier molecular flexibility index (Phi) is 6.22. The number of ether oxygens (including phenoxy) is 1. The van der Waals surface area contributed by atoms with Gasteiger partial charge in [-0.25, -0.2) is 4.79 Å². The predicted molar refractivity (Wildman–Crippen MR) is 112 cm³/mol. The lowest BCUT2D eigenvalue weighted by molar-refractivity contribution is -0.138. The third-order valence-electron chi connectivity index (χ3n) is 3.77. The van der Waals surface area contributed by atoms with Gasteiger partial charge in [-0.1, -0.05) is 47.5 Å². The third kappa shape index (κ3) is 4.94. The Hall–Kier alpha value is -2.69. The maximum atomic E-state index is 12.2. The number of allylic oxidation sites excluding steroid dienone is 2. The molecule has 0 fully saturated rings. The second-order valence-electron chi connectivity index (χ2n) is 5.73. The highest BCUT2D eigenvalue weighted by atomic mass is 35.5. The normalized spacial score (nSPS) is 11.9. The van der Waals surface area contributed by atoms with Crippen LogP contribution in [-0.4, -0.2) is 17.6 Å². The summed E-state index contributed by atoms with van der Waals surface area (Å²) in [6, 6.07) is 15.0. The van der Waals surface area contributed by atoms with Crippen LogP contribution in [0.5, 0.6) is 0 Å². The molecular formula is C21H18Cl2N2O2. The third-order valence-corrected chi connectivity index (χ3v) is 4.49. The lowest BCUT2D eigenvalue weighted by atomic mass is 10.2. The second-order valence-corrected chi connectivity index (χ2v) is 6.54. The van der Waals surface area contributed by atoms with E-state index in [1.54, 1.807) is 25.1 Å². The van der Waals surface area contributed by atoms with Crippen LogP contribution in [0.2, 0.25) is 10.0 Å².